The number of rotatable bonds is 8. The molecule has 2 fully saturated rings. The van der Waals surface area contributed by atoms with E-state index in [4.69, 9.17) is 4.74 Å². The summed E-state index contributed by atoms with van der Waals surface area (Å²) in [7, 11) is -7.42. The van der Waals surface area contributed by atoms with E-state index in [1.54, 1.807) is 4.90 Å². The second-order valence-electron chi connectivity index (χ2n) is 9.26. The molecule has 0 aliphatic carbocycles. The summed E-state index contributed by atoms with van der Waals surface area (Å²) in [6.07, 6.45) is 3.67. The largest absolute Gasteiger partial charge is 0.378 e. The topological polar surface area (TPSA) is 133 Å². The minimum Gasteiger partial charge on any atom is -0.378 e. The number of carbonyl (C=O) groups excluding carboxylic acids is 2. The van der Waals surface area contributed by atoms with Gasteiger partial charge in [-0.05, 0) is 61.4 Å². The summed E-state index contributed by atoms with van der Waals surface area (Å²) in [5.74, 6) is -0.773. The normalized spacial score (nSPS) is 17.1. The quantitative estimate of drug-likeness (QED) is 0.516. The highest BCUT2D eigenvalue weighted by Gasteiger charge is 2.26. The van der Waals surface area contributed by atoms with E-state index in [9.17, 15) is 26.4 Å². The average Bonchev–Trinajstić information content (AvgIpc) is 2.92. The molecule has 2 saturated heterocycles. The van der Waals surface area contributed by atoms with Gasteiger partial charge in [-0.15, -0.1) is 0 Å². The average molecular weight is 565 g/mol. The Morgan fingerprint density at radius 2 is 1.47 bits per heavy atom. The molecule has 0 unspecified atom stereocenters. The number of nitrogens with one attached hydrogen (secondary N) is 1. The zero-order valence-electron chi connectivity index (χ0n) is 21.2. The van der Waals surface area contributed by atoms with Crippen molar-refractivity contribution >= 4 is 43.2 Å². The van der Waals surface area contributed by atoms with E-state index in [0.717, 1.165) is 29.8 Å². The maximum absolute atomic E-state index is 12.8. The summed E-state index contributed by atoms with van der Waals surface area (Å²) in [4.78, 5) is 27.2. The molecule has 1 N–H and O–H groups in total. The van der Waals surface area contributed by atoms with Gasteiger partial charge in [0, 0.05) is 37.4 Å². The number of piperidine rings is 1. The van der Waals surface area contributed by atoms with Crippen molar-refractivity contribution in [2.75, 3.05) is 61.8 Å². The number of benzene rings is 2. The third-order valence-corrected chi connectivity index (χ3v) is 9.53. The number of amides is 2. The van der Waals surface area contributed by atoms with Crippen LogP contribution in [0.15, 0.2) is 53.4 Å². The number of nitrogens with zero attached hydrogens (tertiary/aromatic N) is 3. The number of anilines is 2. The molecule has 11 nitrogen and oxygen atoms in total. The molecule has 2 aromatic carbocycles. The van der Waals surface area contributed by atoms with Crippen LogP contribution in [-0.2, 0) is 29.6 Å². The van der Waals surface area contributed by atoms with Crippen LogP contribution in [-0.4, -0.2) is 90.0 Å². The first-order valence-corrected chi connectivity index (χ1v) is 15.7. The minimum absolute atomic E-state index is 0.141. The van der Waals surface area contributed by atoms with Crippen molar-refractivity contribution in [1.29, 1.82) is 0 Å². The Morgan fingerprint density at radius 1 is 0.868 bits per heavy atom. The lowest BCUT2D eigenvalue weighted by molar-refractivity contribution is -0.114. The molecule has 2 aliphatic heterocycles. The fraction of sp³-hybridized carbons (Fsp3) is 0.440. The van der Waals surface area contributed by atoms with Crippen LogP contribution in [0.5, 0.6) is 0 Å². The minimum atomic E-state index is -3.82. The van der Waals surface area contributed by atoms with Gasteiger partial charge in [-0.25, -0.2) is 16.8 Å². The monoisotopic (exact) mass is 564 g/mol. The number of carbonyl (C=O) groups is 2. The highest BCUT2D eigenvalue weighted by Crippen LogP contribution is 2.23. The molecule has 13 heteroatoms. The van der Waals surface area contributed by atoms with Crippen molar-refractivity contribution in [3.05, 3.63) is 54.1 Å². The van der Waals surface area contributed by atoms with E-state index >= 15 is 0 Å². The molecule has 2 aromatic rings. The number of hydrogen-bond donors (Lipinski definition) is 1. The molecule has 0 bridgehead atoms. The van der Waals surface area contributed by atoms with E-state index in [1.807, 2.05) is 0 Å². The predicted molar refractivity (Wildman–Crippen MR) is 143 cm³/mol. The molecule has 0 aromatic heterocycles. The standard InChI is InChI=1S/C25H32N4O7S2/c1-37(32,33)29(22-9-5-20(6-10-22)25(31)27-15-17-36-18-16-27)19-24(30)26-21-7-11-23(12-8-21)38(34,35)28-13-3-2-4-14-28/h5-12H,2-4,13-19H2,1H3,(H,26,30). The molecule has 2 amide bonds. The fourth-order valence-electron chi connectivity index (χ4n) is 4.41. The molecular weight excluding hydrogens is 532 g/mol. The zero-order valence-corrected chi connectivity index (χ0v) is 22.8. The van der Waals surface area contributed by atoms with E-state index in [-0.39, 0.29) is 16.5 Å². The van der Waals surface area contributed by atoms with Crippen LogP contribution >= 0.6 is 0 Å². The van der Waals surface area contributed by atoms with Crippen molar-refractivity contribution in [3.63, 3.8) is 0 Å². The number of hydrogen-bond acceptors (Lipinski definition) is 7. The Bertz CT molecular complexity index is 1350. The summed E-state index contributed by atoms with van der Waals surface area (Å²) >= 11 is 0. The van der Waals surface area contributed by atoms with Crippen molar-refractivity contribution in [1.82, 2.24) is 9.21 Å². The van der Waals surface area contributed by atoms with Gasteiger partial charge in [-0.2, -0.15) is 4.31 Å². The second-order valence-corrected chi connectivity index (χ2v) is 13.1. The van der Waals surface area contributed by atoms with Crippen molar-refractivity contribution in [3.8, 4) is 0 Å². The Morgan fingerprint density at radius 3 is 2.05 bits per heavy atom. The summed E-state index contributed by atoms with van der Waals surface area (Å²) in [6, 6.07) is 11.9. The molecular formula is C25H32N4O7S2. The smallest absolute Gasteiger partial charge is 0.254 e. The van der Waals surface area contributed by atoms with Crippen LogP contribution in [0.2, 0.25) is 0 Å². The van der Waals surface area contributed by atoms with Gasteiger partial charge >= 0.3 is 0 Å². The molecule has 2 heterocycles. The molecule has 2 aliphatic rings. The first-order valence-electron chi connectivity index (χ1n) is 12.4. The van der Waals surface area contributed by atoms with E-state index in [1.165, 1.54) is 52.8 Å². The van der Waals surface area contributed by atoms with Crippen LogP contribution in [0, 0.1) is 0 Å². The van der Waals surface area contributed by atoms with Gasteiger partial charge in [0.1, 0.15) is 6.54 Å². The predicted octanol–water partition coefficient (Wildman–Crippen LogP) is 1.74. The molecule has 38 heavy (non-hydrogen) atoms. The molecule has 0 saturated carbocycles. The van der Waals surface area contributed by atoms with Crippen LogP contribution in [0.25, 0.3) is 0 Å². The molecule has 206 valence electrons. The third kappa shape index (κ3) is 6.70. The lowest BCUT2D eigenvalue weighted by Gasteiger charge is -2.27. The lowest BCUT2D eigenvalue weighted by Crippen LogP contribution is -2.40. The first kappa shape index (κ1) is 28.0. The summed E-state index contributed by atoms with van der Waals surface area (Å²) in [6.45, 7) is 2.40. The number of sulfonamides is 2. The van der Waals surface area contributed by atoms with Crippen molar-refractivity contribution in [2.45, 2.75) is 24.2 Å². The highest BCUT2D eigenvalue weighted by molar-refractivity contribution is 7.92. The van der Waals surface area contributed by atoms with Gasteiger partial charge in [-0.3, -0.25) is 13.9 Å². The second kappa shape index (κ2) is 11.8. The maximum atomic E-state index is 12.8. The van der Waals surface area contributed by atoms with Crippen LogP contribution in [0.4, 0.5) is 11.4 Å². The third-order valence-electron chi connectivity index (χ3n) is 6.48. The van der Waals surface area contributed by atoms with Gasteiger partial charge in [0.15, 0.2) is 0 Å². The van der Waals surface area contributed by atoms with Crippen molar-refractivity contribution < 1.29 is 31.2 Å². The SMILES string of the molecule is CS(=O)(=O)N(CC(=O)Nc1ccc(S(=O)(=O)N2CCCCC2)cc1)c1ccc(C(=O)N2CCOCC2)cc1. The van der Waals surface area contributed by atoms with Gasteiger partial charge in [-0.1, -0.05) is 6.42 Å². The summed E-state index contributed by atoms with van der Waals surface area (Å²) in [5, 5.41) is 2.62. The maximum Gasteiger partial charge on any atom is 0.254 e. The molecule has 0 radical (unpaired) electrons. The fourth-order valence-corrected chi connectivity index (χ4v) is 6.79. The Hall–Kier alpha value is -3.00. The lowest BCUT2D eigenvalue weighted by atomic mass is 10.1. The number of ether oxygens (including phenoxy) is 1. The van der Waals surface area contributed by atoms with E-state index < -0.39 is 32.5 Å². The molecule has 0 spiro atoms. The Balaban J connectivity index is 1.42. The first-order chi connectivity index (χ1) is 18.1. The van der Waals surface area contributed by atoms with Gasteiger partial charge in [0.2, 0.25) is 26.0 Å². The highest BCUT2D eigenvalue weighted by atomic mass is 32.2. The molecule has 4 rings (SSSR count). The number of morpholine rings is 1. The van der Waals surface area contributed by atoms with Gasteiger partial charge in [0.25, 0.3) is 5.91 Å². The van der Waals surface area contributed by atoms with Gasteiger partial charge < -0.3 is 15.0 Å². The van der Waals surface area contributed by atoms with Crippen LogP contribution in [0.1, 0.15) is 29.6 Å². The van der Waals surface area contributed by atoms with Crippen LogP contribution in [0.3, 0.4) is 0 Å². The van der Waals surface area contributed by atoms with Crippen molar-refractivity contribution in [2.24, 2.45) is 0 Å². The van der Waals surface area contributed by atoms with E-state index in [0.29, 0.717) is 50.6 Å². The van der Waals surface area contributed by atoms with Crippen LogP contribution < -0.4 is 9.62 Å². The summed E-state index contributed by atoms with van der Waals surface area (Å²) in [5.41, 5.74) is 0.991. The molecule has 0 atom stereocenters. The zero-order chi connectivity index (χ0) is 27.3. The van der Waals surface area contributed by atoms with Gasteiger partial charge in [0.05, 0.1) is 30.1 Å². The Labute approximate surface area is 223 Å². The van der Waals surface area contributed by atoms with E-state index in [2.05, 4.69) is 5.32 Å². The Kier molecular flexibility index (Phi) is 8.71. The summed E-state index contributed by atoms with van der Waals surface area (Å²) < 4.78 is 58.3.